The first-order chi connectivity index (χ1) is 14.1. The molecule has 0 radical (unpaired) electrons. The number of nitrogens with zero attached hydrogens (tertiary/aromatic N) is 3. The van der Waals surface area contributed by atoms with E-state index in [9.17, 15) is 4.79 Å². The predicted octanol–water partition coefficient (Wildman–Crippen LogP) is 2.85. The quantitative estimate of drug-likeness (QED) is 0.560. The van der Waals surface area contributed by atoms with Crippen LogP contribution in [0.2, 0.25) is 0 Å². The number of morpholine rings is 1. The van der Waals surface area contributed by atoms with Gasteiger partial charge >= 0.3 is 0 Å². The lowest BCUT2D eigenvalue weighted by Crippen LogP contribution is -2.39. The zero-order valence-corrected chi connectivity index (χ0v) is 16.7. The van der Waals surface area contributed by atoms with Gasteiger partial charge in [0.25, 0.3) is 0 Å². The van der Waals surface area contributed by atoms with Gasteiger partial charge < -0.3 is 19.5 Å². The van der Waals surface area contributed by atoms with Crippen LogP contribution in [0, 0.1) is 0 Å². The highest BCUT2D eigenvalue weighted by atomic mass is 16.5. The summed E-state index contributed by atoms with van der Waals surface area (Å²) >= 11 is 0. The van der Waals surface area contributed by atoms with Crippen LogP contribution >= 0.6 is 0 Å². The molecule has 2 aliphatic rings. The summed E-state index contributed by atoms with van der Waals surface area (Å²) in [5.74, 6) is 0.686. The van der Waals surface area contributed by atoms with Crippen molar-refractivity contribution >= 4 is 28.1 Å². The number of hydrogen-bond acceptors (Lipinski definition) is 7. The topological polar surface area (TPSA) is 70.8 Å². The molecule has 1 saturated heterocycles. The number of hydrogen-bond donors (Lipinski definition) is 1. The molecule has 5 rings (SSSR count). The summed E-state index contributed by atoms with van der Waals surface area (Å²) in [5.41, 5.74) is 4.61. The number of carbonyl (C=O) groups excluding carboxylic acids is 1. The Balaban J connectivity index is 1.57. The molecule has 1 aromatic heterocycles. The van der Waals surface area contributed by atoms with Gasteiger partial charge in [0, 0.05) is 57.1 Å². The second kappa shape index (κ2) is 7.17. The van der Waals surface area contributed by atoms with Crippen molar-refractivity contribution in [2.75, 3.05) is 63.7 Å². The minimum Gasteiger partial charge on any atom is -0.383 e. The first-order valence-corrected chi connectivity index (χ1v) is 9.97. The zero-order valence-electron chi connectivity index (χ0n) is 16.7. The average molecular weight is 392 g/mol. The fourth-order valence-electron chi connectivity index (χ4n) is 4.20. The number of rotatable bonds is 5. The smallest absolute Gasteiger partial charge is 0.196 e. The van der Waals surface area contributed by atoms with Gasteiger partial charge in [-0.25, -0.2) is 0 Å². The number of ketones is 1. The predicted molar refractivity (Wildman–Crippen MR) is 113 cm³/mol. The summed E-state index contributed by atoms with van der Waals surface area (Å²) in [6, 6.07) is 9.59. The Bertz CT molecular complexity index is 1080. The Morgan fingerprint density at radius 3 is 2.69 bits per heavy atom. The minimum atomic E-state index is 0.0143. The summed E-state index contributed by atoms with van der Waals surface area (Å²) in [6.45, 7) is 5.10. The highest BCUT2D eigenvalue weighted by Crippen LogP contribution is 2.45. The van der Waals surface area contributed by atoms with E-state index in [4.69, 9.17) is 9.26 Å². The average Bonchev–Trinajstić information content (AvgIpc) is 3.18. The van der Waals surface area contributed by atoms with E-state index in [1.807, 2.05) is 49.3 Å². The summed E-state index contributed by atoms with van der Waals surface area (Å²) in [4.78, 5) is 17.8. The van der Waals surface area contributed by atoms with Gasteiger partial charge in [0.2, 0.25) is 0 Å². The molecular formula is C22H24N4O3. The second-order valence-electron chi connectivity index (χ2n) is 7.70. The molecule has 0 spiro atoms. The van der Waals surface area contributed by atoms with Crippen LogP contribution in [0.5, 0.6) is 0 Å². The molecule has 29 heavy (non-hydrogen) atoms. The molecular weight excluding hydrogens is 368 g/mol. The fourth-order valence-corrected chi connectivity index (χ4v) is 4.20. The molecule has 0 saturated carbocycles. The summed E-state index contributed by atoms with van der Waals surface area (Å²) in [6.07, 6.45) is 0. The zero-order chi connectivity index (χ0) is 20.0. The van der Waals surface area contributed by atoms with Crippen LogP contribution < -0.4 is 10.2 Å². The third-order valence-corrected chi connectivity index (χ3v) is 5.71. The Labute approximate surface area is 169 Å². The van der Waals surface area contributed by atoms with Gasteiger partial charge in [-0.3, -0.25) is 9.69 Å². The fraction of sp³-hybridized carbons (Fsp3) is 0.364. The molecule has 7 heteroatoms. The number of carbonyl (C=O) groups is 1. The van der Waals surface area contributed by atoms with Gasteiger partial charge in [0.15, 0.2) is 11.5 Å². The van der Waals surface area contributed by atoms with Crippen molar-refractivity contribution in [1.29, 1.82) is 0 Å². The van der Waals surface area contributed by atoms with E-state index < -0.39 is 0 Å². The van der Waals surface area contributed by atoms with Gasteiger partial charge in [-0.15, -0.1) is 0 Å². The molecule has 2 aromatic carbocycles. The number of fused-ring (bicyclic) bond motifs is 2. The van der Waals surface area contributed by atoms with Crippen molar-refractivity contribution in [3.05, 3.63) is 41.5 Å². The van der Waals surface area contributed by atoms with Gasteiger partial charge in [-0.05, 0) is 6.07 Å². The van der Waals surface area contributed by atoms with Crippen molar-refractivity contribution in [2.24, 2.45) is 0 Å². The van der Waals surface area contributed by atoms with Crippen LogP contribution in [0.1, 0.15) is 15.9 Å². The molecule has 0 amide bonds. The maximum Gasteiger partial charge on any atom is 0.196 e. The van der Waals surface area contributed by atoms with Crippen molar-refractivity contribution in [1.82, 2.24) is 10.1 Å². The summed E-state index contributed by atoms with van der Waals surface area (Å²) < 4.78 is 11.2. The second-order valence-corrected chi connectivity index (χ2v) is 7.70. The van der Waals surface area contributed by atoms with Crippen LogP contribution in [0.15, 0.2) is 34.9 Å². The van der Waals surface area contributed by atoms with E-state index in [0.717, 1.165) is 67.2 Å². The van der Waals surface area contributed by atoms with Gasteiger partial charge in [-0.1, -0.05) is 29.4 Å². The van der Waals surface area contributed by atoms with Crippen molar-refractivity contribution in [3.8, 4) is 11.3 Å². The van der Waals surface area contributed by atoms with Gasteiger partial charge in [0.05, 0.1) is 29.9 Å². The third kappa shape index (κ3) is 2.97. The monoisotopic (exact) mass is 392 g/mol. The molecule has 0 bridgehead atoms. The molecule has 1 aliphatic heterocycles. The minimum absolute atomic E-state index is 0.0143. The van der Waals surface area contributed by atoms with Crippen LogP contribution in [-0.4, -0.2) is 69.3 Å². The summed E-state index contributed by atoms with van der Waals surface area (Å²) in [7, 11) is 3.95. The van der Waals surface area contributed by atoms with E-state index in [1.54, 1.807) is 0 Å². The van der Waals surface area contributed by atoms with E-state index in [0.29, 0.717) is 16.9 Å². The maximum absolute atomic E-state index is 13.4. The molecule has 0 atom stereocenters. The van der Waals surface area contributed by atoms with Crippen molar-refractivity contribution in [3.63, 3.8) is 0 Å². The van der Waals surface area contributed by atoms with Gasteiger partial charge in [0.1, 0.15) is 5.52 Å². The largest absolute Gasteiger partial charge is 0.383 e. The van der Waals surface area contributed by atoms with Crippen LogP contribution in [0.25, 0.3) is 22.2 Å². The number of nitrogens with one attached hydrogen (secondary N) is 1. The normalized spacial score (nSPS) is 16.1. The Morgan fingerprint density at radius 2 is 1.93 bits per heavy atom. The summed E-state index contributed by atoms with van der Waals surface area (Å²) in [5, 5.41) is 8.63. The van der Waals surface area contributed by atoms with Crippen molar-refractivity contribution in [2.45, 2.75) is 0 Å². The molecule has 0 unspecified atom stereocenters. The van der Waals surface area contributed by atoms with Gasteiger partial charge in [-0.2, -0.15) is 0 Å². The Morgan fingerprint density at radius 1 is 1.17 bits per heavy atom. The number of aromatic nitrogens is 1. The van der Waals surface area contributed by atoms with Crippen LogP contribution in [-0.2, 0) is 4.74 Å². The van der Waals surface area contributed by atoms with Crippen molar-refractivity contribution < 1.29 is 14.1 Å². The third-order valence-electron chi connectivity index (χ3n) is 5.71. The molecule has 1 N–H and O–H groups in total. The molecule has 3 aromatic rings. The van der Waals surface area contributed by atoms with E-state index in [1.165, 1.54) is 0 Å². The van der Waals surface area contributed by atoms with Crippen LogP contribution in [0.4, 0.5) is 11.4 Å². The Kier molecular flexibility index (Phi) is 4.49. The molecule has 150 valence electrons. The lowest BCUT2D eigenvalue weighted by Gasteiger charge is -2.27. The highest BCUT2D eigenvalue weighted by molar-refractivity contribution is 6.28. The van der Waals surface area contributed by atoms with Crippen LogP contribution in [0.3, 0.4) is 0 Å². The molecule has 7 nitrogen and oxygen atoms in total. The number of benzene rings is 2. The van der Waals surface area contributed by atoms with E-state index in [-0.39, 0.29) is 5.78 Å². The number of anilines is 2. The lowest BCUT2D eigenvalue weighted by molar-refractivity contribution is 0.0398. The number of ether oxygens (including phenoxy) is 1. The van der Waals surface area contributed by atoms with E-state index in [2.05, 4.69) is 15.4 Å². The first kappa shape index (κ1) is 18.1. The molecule has 1 fully saturated rings. The standard InChI is InChI=1S/C22H24N4O3/c1-25(2)17-13-16(23-7-8-26-9-11-28-12-10-26)18-19-20(17)24-29-22(19)15-6-4-3-5-14(15)21(18)27/h3-6,13,23H,7-12H2,1-2H3. The van der Waals surface area contributed by atoms with E-state index >= 15 is 0 Å². The first-order valence-electron chi connectivity index (χ1n) is 9.97. The lowest BCUT2D eigenvalue weighted by atomic mass is 9.86. The maximum atomic E-state index is 13.4. The SMILES string of the molecule is CN(C)c1cc(NCCN2CCOCC2)c2c3c(onc13)-c1ccccc1C2=O. The molecule has 2 heterocycles. The highest BCUT2D eigenvalue weighted by Gasteiger charge is 2.32. The molecule has 1 aliphatic carbocycles. The Hall–Kier alpha value is -2.90.